The van der Waals surface area contributed by atoms with Gasteiger partial charge in [-0.2, -0.15) is 5.10 Å². The zero-order valence-electron chi connectivity index (χ0n) is 11.5. The van der Waals surface area contributed by atoms with Crippen LogP contribution < -0.4 is 5.32 Å². The average Bonchev–Trinajstić information content (AvgIpc) is 3.05. The Kier molecular flexibility index (Phi) is 3.66. The maximum atomic E-state index is 4.90. The van der Waals surface area contributed by atoms with E-state index in [-0.39, 0.29) is 0 Å². The summed E-state index contributed by atoms with van der Waals surface area (Å²) >= 11 is 1.84. The number of hydrogen-bond donors (Lipinski definition) is 1. The van der Waals surface area contributed by atoms with E-state index in [1.54, 1.807) is 0 Å². The van der Waals surface area contributed by atoms with Gasteiger partial charge in [0.15, 0.2) is 0 Å². The second kappa shape index (κ2) is 5.43. The van der Waals surface area contributed by atoms with Crippen molar-refractivity contribution >= 4 is 11.3 Å². The molecule has 0 radical (unpaired) electrons. The third kappa shape index (κ3) is 2.32. The van der Waals surface area contributed by atoms with Crippen LogP contribution in [0.15, 0.2) is 12.3 Å². The molecule has 0 fully saturated rings. The van der Waals surface area contributed by atoms with E-state index in [1.807, 2.05) is 22.2 Å². The Morgan fingerprint density at radius 1 is 1.47 bits per heavy atom. The molecule has 0 bridgehead atoms. The number of aryl methyl sites for hydroxylation is 2. The molecule has 2 heterocycles. The van der Waals surface area contributed by atoms with E-state index in [1.165, 1.54) is 29.8 Å². The number of thiazole rings is 1. The molecule has 5 heteroatoms. The van der Waals surface area contributed by atoms with Crippen LogP contribution in [0.25, 0.3) is 10.7 Å². The van der Waals surface area contributed by atoms with E-state index in [4.69, 9.17) is 4.98 Å². The number of nitrogens with zero attached hydrogens (tertiary/aromatic N) is 3. The normalized spacial score (nSPS) is 18.5. The van der Waals surface area contributed by atoms with Crippen molar-refractivity contribution < 1.29 is 0 Å². The van der Waals surface area contributed by atoms with Gasteiger partial charge in [0.1, 0.15) is 5.01 Å². The van der Waals surface area contributed by atoms with Gasteiger partial charge in [-0.25, -0.2) is 4.98 Å². The van der Waals surface area contributed by atoms with Crippen LogP contribution in [0.4, 0.5) is 0 Å². The van der Waals surface area contributed by atoms with Crippen LogP contribution in [-0.4, -0.2) is 21.3 Å². The quantitative estimate of drug-likeness (QED) is 0.933. The Bertz CT molecular complexity index is 558. The predicted molar refractivity (Wildman–Crippen MR) is 78.4 cm³/mol. The highest BCUT2D eigenvalue weighted by atomic mass is 32.1. The van der Waals surface area contributed by atoms with Crippen molar-refractivity contribution in [2.24, 2.45) is 0 Å². The van der Waals surface area contributed by atoms with Crippen LogP contribution in [0.3, 0.4) is 0 Å². The number of aromatic nitrogens is 3. The summed E-state index contributed by atoms with van der Waals surface area (Å²) < 4.78 is 2.02. The summed E-state index contributed by atoms with van der Waals surface area (Å²) in [6.07, 6.45) is 5.51. The van der Waals surface area contributed by atoms with Crippen molar-refractivity contribution in [3.05, 3.63) is 22.8 Å². The van der Waals surface area contributed by atoms with Crippen LogP contribution in [0.5, 0.6) is 0 Å². The Labute approximate surface area is 117 Å². The van der Waals surface area contributed by atoms with E-state index in [2.05, 4.69) is 30.3 Å². The molecule has 3 rings (SSSR count). The van der Waals surface area contributed by atoms with E-state index < -0.39 is 0 Å². The van der Waals surface area contributed by atoms with E-state index in [0.29, 0.717) is 6.04 Å². The molecule has 0 aliphatic heterocycles. The first-order valence-corrected chi connectivity index (χ1v) is 7.90. The molecule has 1 aliphatic carbocycles. The van der Waals surface area contributed by atoms with Gasteiger partial charge in [0, 0.05) is 17.6 Å². The van der Waals surface area contributed by atoms with Gasteiger partial charge in [0.2, 0.25) is 0 Å². The monoisotopic (exact) mass is 276 g/mol. The molecule has 2 aromatic rings. The van der Waals surface area contributed by atoms with Crippen molar-refractivity contribution in [3.63, 3.8) is 0 Å². The van der Waals surface area contributed by atoms with E-state index in [9.17, 15) is 0 Å². The molecule has 102 valence electrons. The highest BCUT2D eigenvalue weighted by molar-refractivity contribution is 7.15. The van der Waals surface area contributed by atoms with Gasteiger partial charge in [-0.15, -0.1) is 11.3 Å². The molecular formula is C14H20N4S. The van der Waals surface area contributed by atoms with Crippen molar-refractivity contribution in [1.82, 2.24) is 20.1 Å². The standard InChI is InChI=1S/C14H20N4S/c1-3-15-10-6-5-7-12-13(10)17-14(19-12)11-8-9-16-18(11)4-2/h8-10,15H,3-7H2,1-2H3. The highest BCUT2D eigenvalue weighted by Gasteiger charge is 2.25. The van der Waals surface area contributed by atoms with Gasteiger partial charge in [0.05, 0.1) is 17.4 Å². The van der Waals surface area contributed by atoms with Crippen LogP contribution >= 0.6 is 11.3 Å². The molecule has 4 nitrogen and oxygen atoms in total. The van der Waals surface area contributed by atoms with Crippen LogP contribution in [0, 0.1) is 0 Å². The molecule has 0 amide bonds. The van der Waals surface area contributed by atoms with Gasteiger partial charge in [-0.3, -0.25) is 4.68 Å². The second-order valence-corrected chi connectivity index (χ2v) is 5.95. The minimum atomic E-state index is 0.441. The highest BCUT2D eigenvalue weighted by Crippen LogP contribution is 2.36. The first kappa shape index (κ1) is 12.8. The van der Waals surface area contributed by atoms with Crippen LogP contribution in [0.1, 0.15) is 43.3 Å². The second-order valence-electron chi connectivity index (χ2n) is 4.86. The fourth-order valence-corrected chi connectivity index (χ4v) is 3.93. The maximum absolute atomic E-state index is 4.90. The molecular weight excluding hydrogens is 256 g/mol. The van der Waals surface area contributed by atoms with Crippen LogP contribution in [-0.2, 0) is 13.0 Å². The zero-order chi connectivity index (χ0) is 13.2. The van der Waals surface area contributed by atoms with Crippen LogP contribution in [0.2, 0.25) is 0 Å². The topological polar surface area (TPSA) is 42.7 Å². The lowest BCUT2D eigenvalue weighted by molar-refractivity contribution is 0.465. The number of fused-ring (bicyclic) bond motifs is 1. The molecule has 0 aromatic carbocycles. The van der Waals surface area contributed by atoms with Crippen molar-refractivity contribution in [2.75, 3.05) is 6.54 Å². The summed E-state index contributed by atoms with van der Waals surface area (Å²) in [5.41, 5.74) is 2.43. The summed E-state index contributed by atoms with van der Waals surface area (Å²) in [5.74, 6) is 0. The number of nitrogens with one attached hydrogen (secondary N) is 1. The first-order chi connectivity index (χ1) is 9.33. The summed E-state index contributed by atoms with van der Waals surface area (Å²) in [6.45, 7) is 6.17. The predicted octanol–water partition coefficient (Wildman–Crippen LogP) is 3.01. The van der Waals surface area contributed by atoms with Gasteiger partial charge in [-0.05, 0) is 38.8 Å². The lowest BCUT2D eigenvalue weighted by atomic mass is 9.98. The Balaban J connectivity index is 1.97. The average molecular weight is 276 g/mol. The fraction of sp³-hybridized carbons (Fsp3) is 0.571. The van der Waals surface area contributed by atoms with Gasteiger partial charge < -0.3 is 5.32 Å². The SMILES string of the molecule is CCNC1CCCc2sc(-c3ccnn3CC)nc21. The summed E-state index contributed by atoms with van der Waals surface area (Å²) in [6, 6.07) is 2.51. The lowest BCUT2D eigenvalue weighted by Gasteiger charge is -2.21. The van der Waals surface area contributed by atoms with Crippen molar-refractivity contribution in [3.8, 4) is 10.7 Å². The molecule has 19 heavy (non-hydrogen) atoms. The fourth-order valence-electron chi connectivity index (χ4n) is 2.74. The summed E-state index contributed by atoms with van der Waals surface area (Å²) in [5, 5.41) is 9.01. The molecule has 0 saturated carbocycles. The van der Waals surface area contributed by atoms with Crippen molar-refractivity contribution in [1.29, 1.82) is 0 Å². The molecule has 0 spiro atoms. The molecule has 2 aromatic heterocycles. The minimum Gasteiger partial charge on any atom is -0.309 e. The Morgan fingerprint density at radius 3 is 3.16 bits per heavy atom. The summed E-state index contributed by atoms with van der Waals surface area (Å²) in [7, 11) is 0. The van der Waals surface area contributed by atoms with Gasteiger partial charge >= 0.3 is 0 Å². The first-order valence-electron chi connectivity index (χ1n) is 7.08. The maximum Gasteiger partial charge on any atom is 0.142 e. The third-order valence-corrected chi connectivity index (χ3v) is 4.79. The molecule has 1 unspecified atom stereocenters. The molecule has 1 atom stereocenters. The largest absolute Gasteiger partial charge is 0.309 e. The molecule has 1 N–H and O–H groups in total. The number of rotatable bonds is 4. The lowest BCUT2D eigenvalue weighted by Crippen LogP contribution is -2.24. The summed E-state index contributed by atoms with van der Waals surface area (Å²) in [4.78, 5) is 6.35. The minimum absolute atomic E-state index is 0.441. The van der Waals surface area contributed by atoms with Crippen molar-refractivity contribution in [2.45, 2.75) is 45.7 Å². The smallest absolute Gasteiger partial charge is 0.142 e. The third-order valence-electron chi connectivity index (χ3n) is 3.64. The molecule has 1 aliphatic rings. The molecule has 0 saturated heterocycles. The van der Waals surface area contributed by atoms with E-state index in [0.717, 1.165) is 23.8 Å². The van der Waals surface area contributed by atoms with E-state index >= 15 is 0 Å². The van der Waals surface area contributed by atoms with Gasteiger partial charge in [-0.1, -0.05) is 6.92 Å². The number of hydrogen-bond acceptors (Lipinski definition) is 4. The Hall–Kier alpha value is -1.20. The van der Waals surface area contributed by atoms with Gasteiger partial charge in [0.25, 0.3) is 0 Å². The Morgan fingerprint density at radius 2 is 2.37 bits per heavy atom. The zero-order valence-corrected chi connectivity index (χ0v) is 12.3.